The quantitative estimate of drug-likeness (QED) is 0.731. The van der Waals surface area contributed by atoms with Crippen LogP contribution in [-0.2, 0) is 6.42 Å². The van der Waals surface area contributed by atoms with Crippen molar-refractivity contribution in [2.24, 2.45) is 0 Å². The molecular weight excluding hydrogens is 250 g/mol. The second-order valence-electron chi connectivity index (χ2n) is 5.27. The van der Waals surface area contributed by atoms with Gasteiger partial charge in [0.25, 0.3) is 0 Å². The fourth-order valence-electron chi connectivity index (χ4n) is 2.33. The van der Waals surface area contributed by atoms with Crippen LogP contribution in [0.4, 0.5) is 0 Å². The molecule has 0 bridgehead atoms. The lowest BCUT2D eigenvalue weighted by Gasteiger charge is -2.07. The Hall–Kier alpha value is -2.17. The maximum Gasteiger partial charge on any atom is 0.164 e. The Morgan fingerprint density at radius 2 is 1.95 bits per heavy atom. The number of imidazole rings is 1. The summed E-state index contributed by atoms with van der Waals surface area (Å²) in [6.07, 6.45) is 9.49. The summed E-state index contributed by atoms with van der Waals surface area (Å²) in [5, 5.41) is 4.60. The van der Waals surface area contributed by atoms with Crippen LogP contribution in [0.25, 0.3) is 11.3 Å². The van der Waals surface area contributed by atoms with E-state index >= 15 is 0 Å². The molecule has 0 radical (unpaired) electrons. The maximum atomic E-state index is 4.60. The topological polar surface area (TPSA) is 48.0 Å². The Morgan fingerprint density at radius 3 is 2.70 bits per heavy atom. The summed E-state index contributed by atoms with van der Waals surface area (Å²) in [7, 11) is 0. The normalized spacial score (nSPS) is 11.6. The van der Waals surface area contributed by atoms with E-state index in [1.165, 1.54) is 0 Å². The van der Waals surface area contributed by atoms with Gasteiger partial charge in [0.1, 0.15) is 11.3 Å². The second kappa shape index (κ2) is 5.07. The SMILES string of the molecule is CCCc1nccn1-c1nccn2nc(C(C)C)cc12. The van der Waals surface area contributed by atoms with Gasteiger partial charge in [0.2, 0.25) is 0 Å². The zero-order valence-corrected chi connectivity index (χ0v) is 12.1. The van der Waals surface area contributed by atoms with Crippen molar-refractivity contribution in [1.29, 1.82) is 0 Å². The van der Waals surface area contributed by atoms with Crippen molar-refractivity contribution in [2.75, 3.05) is 0 Å². The molecule has 0 aliphatic carbocycles. The first kappa shape index (κ1) is 12.8. The van der Waals surface area contributed by atoms with Gasteiger partial charge in [-0.25, -0.2) is 14.5 Å². The van der Waals surface area contributed by atoms with Gasteiger partial charge in [-0.15, -0.1) is 0 Å². The van der Waals surface area contributed by atoms with Crippen molar-refractivity contribution in [3.63, 3.8) is 0 Å². The third-order valence-corrected chi connectivity index (χ3v) is 3.40. The highest BCUT2D eigenvalue weighted by Crippen LogP contribution is 2.20. The van der Waals surface area contributed by atoms with Gasteiger partial charge in [0.15, 0.2) is 5.82 Å². The van der Waals surface area contributed by atoms with Crippen LogP contribution in [0.5, 0.6) is 0 Å². The summed E-state index contributed by atoms with van der Waals surface area (Å²) >= 11 is 0. The van der Waals surface area contributed by atoms with E-state index in [9.17, 15) is 0 Å². The van der Waals surface area contributed by atoms with Crippen LogP contribution in [0.2, 0.25) is 0 Å². The predicted molar refractivity (Wildman–Crippen MR) is 78.2 cm³/mol. The van der Waals surface area contributed by atoms with Crippen LogP contribution in [0.1, 0.15) is 44.6 Å². The Bertz CT molecular complexity index is 723. The summed E-state index contributed by atoms with van der Waals surface area (Å²) in [5.41, 5.74) is 2.10. The van der Waals surface area contributed by atoms with Crippen LogP contribution in [0, 0.1) is 0 Å². The van der Waals surface area contributed by atoms with Gasteiger partial charge in [-0.2, -0.15) is 5.10 Å². The molecule has 0 aromatic carbocycles. The molecule has 0 unspecified atom stereocenters. The van der Waals surface area contributed by atoms with Gasteiger partial charge in [0, 0.05) is 31.2 Å². The van der Waals surface area contributed by atoms with Crippen molar-refractivity contribution in [1.82, 2.24) is 24.1 Å². The van der Waals surface area contributed by atoms with Crippen LogP contribution >= 0.6 is 0 Å². The number of aromatic nitrogens is 5. The first-order valence-electron chi connectivity index (χ1n) is 7.07. The molecule has 5 heteroatoms. The molecule has 0 saturated heterocycles. The fraction of sp³-hybridized carbons (Fsp3) is 0.400. The van der Waals surface area contributed by atoms with Gasteiger partial charge in [0.05, 0.1) is 5.69 Å². The summed E-state index contributed by atoms with van der Waals surface area (Å²) in [4.78, 5) is 8.95. The predicted octanol–water partition coefficient (Wildman–Crippen LogP) is 2.99. The Labute approximate surface area is 118 Å². The standard InChI is InChI=1S/C15H19N5/c1-4-5-14-16-6-8-19(14)15-13-10-12(11(2)3)18-20(13)9-7-17-15/h6-11H,4-5H2,1-3H3. The van der Waals surface area contributed by atoms with E-state index < -0.39 is 0 Å². The van der Waals surface area contributed by atoms with E-state index in [0.717, 1.165) is 35.7 Å². The fourth-order valence-corrected chi connectivity index (χ4v) is 2.33. The van der Waals surface area contributed by atoms with E-state index in [-0.39, 0.29) is 0 Å². The van der Waals surface area contributed by atoms with Crippen LogP contribution < -0.4 is 0 Å². The van der Waals surface area contributed by atoms with Gasteiger partial charge >= 0.3 is 0 Å². The number of aryl methyl sites for hydroxylation is 1. The highest BCUT2D eigenvalue weighted by molar-refractivity contribution is 5.61. The summed E-state index contributed by atoms with van der Waals surface area (Å²) in [6, 6.07) is 2.11. The molecule has 0 amide bonds. The number of hydrogen-bond donors (Lipinski definition) is 0. The maximum absolute atomic E-state index is 4.60. The minimum Gasteiger partial charge on any atom is -0.286 e. The molecule has 0 fully saturated rings. The lowest BCUT2D eigenvalue weighted by Crippen LogP contribution is -2.04. The van der Waals surface area contributed by atoms with Gasteiger partial charge in [-0.05, 0) is 18.4 Å². The van der Waals surface area contributed by atoms with E-state index in [4.69, 9.17) is 0 Å². The van der Waals surface area contributed by atoms with Crippen molar-refractivity contribution in [3.05, 3.63) is 42.4 Å². The molecule has 0 atom stereocenters. The molecule has 3 rings (SSSR count). The zero-order valence-electron chi connectivity index (χ0n) is 12.1. The molecule has 0 spiro atoms. The van der Waals surface area contributed by atoms with Crippen LogP contribution in [-0.4, -0.2) is 24.1 Å². The molecule has 3 aromatic heterocycles. The van der Waals surface area contributed by atoms with Crippen molar-refractivity contribution in [3.8, 4) is 5.82 Å². The molecule has 3 aromatic rings. The minimum absolute atomic E-state index is 0.403. The summed E-state index contributed by atoms with van der Waals surface area (Å²) < 4.78 is 3.96. The lowest BCUT2D eigenvalue weighted by molar-refractivity contribution is 0.778. The number of nitrogens with zero attached hydrogens (tertiary/aromatic N) is 5. The van der Waals surface area contributed by atoms with E-state index in [1.807, 2.05) is 23.1 Å². The smallest absolute Gasteiger partial charge is 0.164 e. The van der Waals surface area contributed by atoms with Crippen LogP contribution in [0.3, 0.4) is 0 Å². The zero-order chi connectivity index (χ0) is 14.1. The molecule has 0 saturated carbocycles. The lowest BCUT2D eigenvalue weighted by atomic mass is 10.1. The van der Waals surface area contributed by atoms with Crippen LogP contribution in [0.15, 0.2) is 30.9 Å². The highest BCUT2D eigenvalue weighted by atomic mass is 15.3. The average molecular weight is 269 g/mol. The highest BCUT2D eigenvalue weighted by Gasteiger charge is 2.13. The number of hydrogen-bond acceptors (Lipinski definition) is 3. The average Bonchev–Trinajstić information content (AvgIpc) is 3.04. The van der Waals surface area contributed by atoms with E-state index in [0.29, 0.717) is 5.92 Å². The largest absolute Gasteiger partial charge is 0.286 e. The molecule has 0 aliphatic rings. The van der Waals surface area contributed by atoms with E-state index in [1.54, 1.807) is 6.20 Å². The molecule has 5 nitrogen and oxygen atoms in total. The Morgan fingerprint density at radius 1 is 1.15 bits per heavy atom. The third-order valence-electron chi connectivity index (χ3n) is 3.40. The van der Waals surface area contributed by atoms with Crippen molar-refractivity contribution >= 4 is 5.52 Å². The monoisotopic (exact) mass is 269 g/mol. The van der Waals surface area contributed by atoms with Crippen molar-refractivity contribution in [2.45, 2.75) is 39.5 Å². The molecule has 20 heavy (non-hydrogen) atoms. The summed E-state index contributed by atoms with van der Waals surface area (Å²) in [5.74, 6) is 2.34. The van der Waals surface area contributed by atoms with Gasteiger partial charge < -0.3 is 0 Å². The Balaban J connectivity index is 2.17. The second-order valence-corrected chi connectivity index (χ2v) is 5.27. The molecular formula is C15H19N5. The molecule has 3 heterocycles. The number of fused-ring (bicyclic) bond motifs is 1. The third kappa shape index (κ3) is 2.09. The molecule has 0 aliphatic heterocycles. The Kier molecular flexibility index (Phi) is 3.26. The number of rotatable bonds is 4. The molecule has 104 valence electrons. The summed E-state index contributed by atoms with van der Waals surface area (Å²) in [6.45, 7) is 6.45. The van der Waals surface area contributed by atoms with Gasteiger partial charge in [-0.1, -0.05) is 20.8 Å². The first-order valence-corrected chi connectivity index (χ1v) is 7.07. The first-order chi connectivity index (χ1) is 9.70. The van der Waals surface area contributed by atoms with Gasteiger partial charge in [-0.3, -0.25) is 4.57 Å². The van der Waals surface area contributed by atoms with E-state index in [2.05, 4.69) is 46.5 Å². The molecule has 0 N–H and O–H groups in total. The van der Waals surface area contributed by atoms with Crippen molar-refractivity contribution < 1.29 is 0 Å². The minimum atomic E-state index is 0.403.